The van der Waals surface area contributed by atoms with Gasteiger partial charge in [0.2, 0.25) is 0 Å². The van der Waals surface area contributed by atoms with Gasteiger partial charge in [-0.25, -0.2) is 0 Å². The van der Waals surface area contributed by atoms with Gasteiger partial charge in [0.05, 0.1) is 0 Å². The Kier molecular flexibility index (Phi) is 4.68. The SMILES string of the molecule is CCCNC(C)c1ccc(Br)cc1N(C)C1CC1. The van der Waals surface area contributed by atoms with Gasteiger partial charge in [-0.05, 0) is 50.4 Å². The Morgan fingerprint density at radius 1 is 1.44 bits per heavy atom. The lowest BCUT2D eigenvalue weighted by Gasteiger charge is -2.26. The summed E-state index contributed by atoms with van der Waals surface area (Å²) in [4.78, 5) is 2.43. The zero-order valence-electron chi connectivity index (χ0n) is 11.5. The van der Waals surface area contributed by atoms with Crippen molar-refractivity contribution >= 4 is 21.6 Å². The zero-order chi connectivity index (χ0) is 13.1. The molecule has 0 bridgehead atoms. The van der Waals surface area contributed by atoms with Crippen LogP contribution in [0, 0.1) is 0 Å². The molecule has 0 heterocycles. The summed E-state index contributed by atoms with van der Waals surface area (Å²) >= 11 is 3.59. The highest BCUT2D eigenvalue weighted by atomic mass is 79.9. The van der Waals surface area contributed by atoms with Crippen LogP contribution in [0.4, 0.5) is 5.69 Å². The fourth-order valence-electron chi connectivity index (χ4n) is 2.32. The lowest BCUT2D eigenvalue weighted by molar-refractivity contribution is 0.569. The second-order valence-electron chi connectivity index (χ2n) is 5.22. The number of hydrogen-bond donors (Lipinski definition) is 1. The Hall–Kier alpha value is -0.540. The highest BCUT2D eigenvalue weighted by molar-refractivity contribution is 9.10. The van der Waals surface area contributed by atoms with Gasteiger partial charge in [0.15, 0.2) is 0 Å². The van der Waals surface area contributed by atoms with Crippen LogP contribution in [0.15, 0.2) is 22.7 Å². The van der Waals surface area contributed by atoms with E-state index in [1.807, 2.05) is 0 Å². The molecule has 0 spiro atoms. The fourth-order valence-corrected chi connectivity index (χ4v) is 2.67. The van der Waals surface area contributed by atoms with Crippen molar-refractivity contribution in [3.05, 3.63) is 28.2 Å². The number of nitrogens with one attached hydrogen (secondary N) is 1. The van der Waals surface area contributed by atoms with Crippen molar-refractivity contribution in [3.8, 4) is 0 Å². The van der Waals surface area contributed by atoms with Crippen LogP contribution < -0.4 is 10.2 Å². The quantitative estimate of drug-likeness (QED) is 0.850. The van der Waals surface area contributed by atoms with Gasteiger partial charge in [-0.3, -0.25) is 0 Å². The van der Waals surface area contributed by atoms with Gasteiger partial charge in [-0.15, -0.1) is 0 Å². The molecule has 3 heteroatoms. The molecule has 18 heavy (non-hydrogen) atoms. The second kappa shape index (κ2) is 6.07. The summed E-state index contributed by atoms with van der Waals surface area (Å²) in [5, 5.41) is 3.58. The van der Waals surface area contributed by atoms with Crippen molar-refractivity contribution in [2.75, 3.05) is 18.5 Å². The van der Waals surface area contributed by atoms with Crippen molar-refractivity contribution in [2.24, 2.45) is 0 Å². The molecule has 0 aliphatic heterocycles. The third kappa shape index (κ3) is 3.27. The minimum Gasteiger partial charge on any atom is -0.371 e. The van der Waals surface area contributed by atoms with Crippen LogP contribution in [0.5, 0.6) is 0 Å². The topological polar surface area (TPSA) is 15.3 Å². The average Bonchev–Trinajstić information content (AvgIpc) is 3.19. The van der Waals surface area contributed by atoms with Crippen LogP contribution in [-0.4, -0.2) is 19.6 Å². The van der Waals surface area contributed by atoms with Crippen LogP contribution in [0.1, 0.15) is 44.7 Å². The molecule has 0 saturated heterocycles. The summed E-state index contributed by atoms with van der Waals surface area (Å²) in [6, 6.07) is 7.79. The molecule has 1 aliphatic rings. The first-order valence-corrected chi connectivity index (χ1v) is 7.68. The Labute approximate surface area is 119 Å². The molecule has 2 rings (SSSR count). The third-order valence-electron chi connectivity index (χ3n) is 3.63. The molecule has 0 aromatic heterocycles. The number of nitrogens with zero attached hydrogens (tertiary/aromatic N) is 1. The summed E-state index contributed by atoms with van der Waals surface area (Å²) in [6.07, 6.45) is 3.84. The summed E-state index contributed by atoms with van der Waals surface area (Å²) < 4.78 is 1.16. The number of rotatable bonds is 6. The Morgan fingerprint density at radius 2 is 2.17 bits per heavy atom. The minimum absolute atomic E-state index is 0.411. The van der Waals surface area contributed by atoms with E-state index in [9.17, 15) is 0 Å². The third-order valence-corrected chi connectivity index (χ3v) is 4.13. The first-order valence-electron chi connectivity index (χ1n) is 6.89. The van der Waals surface area contributed by atoms with Crippen molar-refractivity contribution in [1.29, 1.82) is 0 Å². The molecular formula is C15H23BrN2. The molecule has 0 amide bonds. The fraction of sp³-hybridized carbons (Fsp3) is 0.600. The number of hydrogen-bond acceptors (Lipinski definition) is 2. The second-order valence-corrected chi connectivity index (χ2v) is 6.14. The monoisotopic (exact) mass is 310 g/mol. The highest BCUT2D eigenvalue weighted by Gasteiger charge is 2.28. The Morgan fingerprint density at radius 3 is 2.78 bits per heavy atom. The van der Waals surface area contributed by atoms with Gasteiger partial charge >= 0.3 is 0 Å². The van der Waals surface area contributed by atoms with Crippen LogP contribution in [-0.2, 0) is 0 Å². The van der Waals surface area contributed by atoms with Crippen LogP contribution in [0.3, 0.4) is 0 Å². The van der Waals surface area contributed by atoms with E-state index >= 15 is 0 Å². The van der Waals surface area contributed by atoms with E-state index in [2.05, 4.69) is 65.2 Å². The normalized spacial score (nSPS) is 16.7. The first-order chi connectivity index (χ1) is 8.63. The van der Waals surface area contributed by atoms with E-state index < -0.39 is 0 Å². The average molecular weight is 311 g/mol. The van der Waals surface area contributed by atoms with E-state index in [0.717, 1.165) is 17.1 Å². The molecule has 1 aromatic carbocycles. The van der Waals surface area contributed by atoms with E-state index in [0.29, 0.717) is 6.04 Å². The predicted molar refractivity (Wildman–Crippen MR) is 82.3 cm³/mol. The van der Waals surface area contributed by atoms with Gasteiger partial charge in [0, 0.05) is 29.3 Å². The molecular weight excluding hydrogens is 288 g/mol. The lowest BCUT2D eigenvalue weighted by atomic mass is 10.0. The van der Waals surface area contributed by atoms with Crippen molar-refractivity contribution in [1.82, 2.24) is 5.32 Å². The molecule has 2 nitrogen and oxygen atoms in total. The highest BCUT2D eigenvalue weighted by Crippen LogP contribution is 2.35. The van der Waals surface area contributed by atoms with Gasteiger partial charge in [0.1, 0.15) is 0 Å². The summed E-state index contributed by atoms with van der Waals surface area (Å²) in [7, 11) is 2.22. The van der Waals surface area contributed by atoms with E-state index in [1.165, 1.54) is 30.5 Å². The van der Waals surface area contributed by atoms with E-state index in [-0.39, 0.29) is 0 Å². The van der Waals surface area contributed by atoms with Gasteiger partial charge < -0.3 is 10.2 Å². The largest absolute Gasteiger partial charge is 0.371 e. The lowest BCUT2D eigenvalue weighted by Crippen LogP contribution is -2.25. The van der Waals surface area contributed by atoms with Crippen LogP contribution in [0.25, 0.3) is 0 Å². The molecule has 1 unspecified atom stereocenters. The molecule has 1 aliphatic carbocycles. The van der Waals surface area contributed by atoms with Crippen molar-refractivity contribution in [3.63, 3.8) is 0 Å². The molecule has 1 fully saturated rings. The maximum atomic E-state index is 3.59. The number of anilines is 1. The van der Waals surface area contributed by atoms with Crippen molar-refractivity contribution < 1.29 is 0 Å². The van der Waals surface area contributed by atoms with E-state index in [1.54, 1.807) is 0 Å². The predicted octanol–water partition coefficient (Wildman–Crippen LogP) is 4.11. The molecule has 1 aromatic rings. The smallest absolute Gasteiger partial charge is 0.0425 e. The van der Waals surface area contributed by atoms with E-state index in [4.69, 9.17) is 0 Å². The van der Waals surface area contributed by atoms with Crippen molar-refractivity contribution in [2.45, 2.75) is 45.2 Å². The summed E-state index contributed by atoms with van der Waals surface area (Å²) in [5.41, 5.74) is 2.77. The molecule has 100 valence electrons. The maximum absolute atomic E-state index is 3.59. The van der Waals surface area contributed by atoms with Crippen LogP contribution in [0.2, 0.25) is 0 Å². The standard InChI is InChI=1S/C15H23BrN2/c1-4-9-17-11(2)14-8-5-12(16)10-15(14)18(3)13-6-7-13/h5,8,10-11,13,17H,4,6-7,9H2,1-3H3. The van der Waals surface area contributed by atoms with Gasteiger partial charge in [0.25, 0.3) is 0 Å². The zero-order valence-corrected chi connectivity index (χ0v) is 13.1. The Balaban J connectivity index is 2.21. The number of halogens is 1. The molecule has 1 saturated carbocycles. The van der Waals surface area contributed by atoms with Gasteiger partial charge in [-0.2, -0.15) is 0 Å². The maximum Gasteiger partial charge on any atom is 0.0425 e. The first kappa shape index (κ1) is 13.9. The molecule has 1 N–H and O–H groups in total. The minimum atomic E-state index is 0.411. The number of benzene rings is 1. The Bertz CT molecular complexity index is 401. The van der Waals surface area contributed by atoms with Gasteiger partial charge in [-0.1, -0.05) is 28.9 Å². The summed E-state index contributed by atoms with van der Waals surface area (Å²) in [5.74, 6) is 0. The van der Waals surface area contributed by atoms with Crippen LogP contribution >= 0.6 is 15.9 Å². The summed E-state index contributed by atoms with van der Waals surface area (Å²) in [6.45, 7) is 5.53. The molecule has 0 radical (unpaired) electrons. The molecule has 1 atom stereocenters.